The first-order valence-corrected chi connectivity index (χ1v) is 8.32. The number of fused-ring (bicyclic) bond motifs is 1. The molecule has 0 aliphatic carbocycles. The summed E-state index contributed by atoms with van der Waals surface area (Å²) >= 11 is 0. The molecule has 0 radical (unpaired) electrons. The lowest BCUT2D eigenvalue weighted by Crippen LogP contribution is -2.48. The van der Waals surface area contributed by atoms with E-state index in [4.69, 9.17) is 4.74 Å². The Hall–Kier alpha value is -1.88. The molecule has 1 fully saturated rings. The molecule has 2 heterocycles. The highest BCUT2D eigenvalue weighted by Gasteiger charge is 2.34. The van der Waals surface area contributed by atoms with Gasteiger partial charge in [0.1, 0.15) is 6.04 Å². The monoisotopic (exact) mass is 317 g/mol. The quantitative estimate of drug-likeness (QED) is 0.925. The highest BCUT2D eigenvalue weighted by atomic mass is 16.5. The van der Waals surface area contributed by atoms with Gasteiger partial charge in [0.05, 0.1) is 0 Å². The summed E-state index contributed by atoms with van der Waals surface area (Å²) in [7, 11) is 0. The van der Waals surface area contributed by atoms with Crippen LogP contribution in [0.5, 0.6) is 0 Å². The van der Waals surface area contributed by atoms with Crippen molar-refractivity contribution in [2.24, 2.45) is 5.92 Å². The second-order valence-corrected chi connectivity index (χ2v) is 6.44. The number of carboxylic acids is 1. The molecule has 2 aliphatic rings. The number of nitrogens with zero attached hydrogens (tertiary/aromatic N) is 1. The number of aliphatic carboxylic acids is 1. The molecule has 2 aliphatic heterocycles. The maximum Gasteiger partial charge on any atom is 0.326 e. The van der Waals surface area contributed by atoms with Crippen LogP contribution < -0.4 is 0 Å². The predicted octanol–water partition coefficient (Wildman–Crippen LogP) is 2.23. The van der Waals surface area contributed by atoms with E-state index >= 15 is 0 Å². The van der Waals surface area contributed by atoms with Crippen LogP contribution in [0.15, 0.2) is 24.3 Å². The van der Waals surface area contributed by atoms with Crippen LogP contribution in [0.4, 0.5) is 0 Å². The first-order valence-electron chi connectivity index (χ1n) is 8.32. The van der Waals surface area contributed by atoms with Gasteiger partial charge in [-0.3, -0.25) is 4.79 Å². The molecule has 5 nitrogen and oxygen atoms in total. The van der Waals surface area contributed by atoms with Crippen molar-refractivity contribution in [2.45, 2.75) is 44.7 Å². The van der Waals surface area contributed by atoms with Crippen LogP contribution in [-0.4, -0.2) is 41.1 Å². The Labute approximate surface area is 136 Å². The summed E-state index contributed by atoms with van der Waals surface area (Å²) in [4.78, 5) is 25.7. The van der Waals surface area contributed by atoms with Gasteiger partial charge in [-0.2, -0.15) is 0 Å². The van der Waals surface area contributed by atoms with Gasteiger partial charge in [-0.15, -0.1) is 0 Å². The number of carbonyl (C=O) groups excluding carboxylic acids is 1. The van der Waals surface area contributed by atoms with Crippen LogP contribution in [0.2, 0.25) is 0 Å². The molecule has 1 N–H and O–H groups in total. The summed E-state index contributed by atoms with van der Waals surface area (Å²) in [5.74, 6) is -0.439. The fourth-order valence-electron chi connectivity index (χ4n) is 3.51. The Morgan fingerprint density at radius 1 is 1.17 bits per heavy atom. The van der Waals surface area contributed by atoms with Crippen molar-refractivity contribution in [2.75, 3.05) is 13.2 Å². The van der Waals surface area contributed by atoms with Crippen LogP contribution in [0.3, 0.4) is 0 Å². The summed E-state index contributed by atoms with van der Waals surface area (Å²) in [5.41, 5.74) is 2.10. The molecule has 5 heteroatoms. The zero-order valence-electron chi connectivity index (χ0n) is 13.2. The molecule has 1 aromatic carbocycles. The Morgan fingerprint density at radius 2 is 1.87 bits per heavy atom. The molecule has 1 amide bonds. The third-order valence-electron chi connectivity index (χ3n) is 4.96. The van der Waals surface area contributed by atoms with E-state index in [9.17, 15) is 14.7 Å². The Balaban J connectivity index is 1.66. The number of hydrogen-bond donors (Lipinski definition) is 1. The van der Waals surface area contributed by atoms with Gasteiger partial charge in [0.2, 0.25) is 5.91 Å². The molecule has 0 saturated carbocycles. The van der Waals surface area contributed by atoms with Crippen LogP contribution in [0, 0.1) is 5.92 Å². The third kappa shape index (κ3) is 3.72. The van der Waals surface area contributed by atoms with Gasteiger partial charge in [0.25, 0.3) is 0 Å². The van der Waals surface area contributed by atoms with Crippen LogP contribution in [0.25, 0.3) is 0 Å². The van der Waals surface area contributed by atoms with Crippen molar-refractivity contribution in [1.29, 1.82) is 0 Å². The molecule has 23 heavy (non-hydrogen) atoms. The van der Waals surface area contributed by atoms with Crippen molar-refractivity contribution >= 4 is 11.9 Å². The standard InChI is InChI=1S/C18H23NO4/c20-17(6-5-13-7-9-23-10-8-13)19-12-15-4-2-1-3-14(15)11-16(19)18(21)22/h1-4,13,16H,5-12H2,(H,21,22)/t16-/m1/s1. The Bertz CT molecular complexity index is 580. The zero-order valence-corrected chi connectivity index (χ0v) is 13.2. The highest BCUT2D eigenvalue weighted by molar-refractivity contribution is 5.84. The normalized spacial score (nSPS) is 21.7. The summed E-state index contributed by atoms with van der Waals surface area (Å²) < 4.78 is 5.34. The second-order valence-electron chi connectivity index (χ2n) is 6.44. The van der Waals surface area contributed by atoms with E-state index in [0.29, 0.717) is 25.3 Å². The van der Waals surface area contributed by atoms with Crippen molar-refractivity contribution in [3.8, 4) is 0 Å². The molecular weight excluding hydrogens is 294 g/mol. The van der Waals surface area contributed by atoms with E-state index in [1.807, 2.05) is 24.3 Å². The van der Waals surface area contributed by atoms with Crippen LogP contribution in [0.1, 0.15) is 36.8 Å². The fraction of sp³-hybridized carbons (Fsp3) is 0.556. The SMILES string of the molecule is O=C(O)[C@H]1Cc2ccccc2CN1C(=O)CCC1CCOCC1. The van der Waals surface area contributed by atoms with Gasteiger partial charge in [-0.25, -0.2) is 4.79 Å². The topological polar surface area (TPSA) is 66.8 Å². The lowest BCUT2D eigenvalue weighted by Gasteiger charge is -2.35. The molecule has 0 unspecified atom stereocenters. The molecule has 0 spiro atoms. The minimum absolute atomic E-state index is 0.0432. The van der Waals surface area contributed by atoms with Gasteiger partial charge in [-0.1, -0.05) is 24.3 Å². The number of benzene rings is 1. The number of rotatable bonds is 4. The summed E-state index contributed by atoms with van der Waals surface area (Å²) in [6.45, 7) is 1.95. The average Bonchev–Trinajstić information content (AvgIpc) is 2.59. The average molecular weight is 317 g/mol. The number of carboxylic acid groups (broad SMARTS) is 1. The van der Waals surface area contributed by atoms with Crippen LogP contribution in [-0.2, 0) is 27.3 Å². The molecule has 3 rings (SSSR count). The zero-order chi connectivity index (χ0) is 16.2. The molecule has 0 aromatic heterocycles. The Kier molecular flexibility index (Phi) is 4.96. The molecule has 1 atom stereocenters. The third-order valence-corrected chi connectivity index (χ3v) is 4.96. The van der Waals surface area contributed by atoms with Gasteiger partial charge in [0.15, 0.2) is 0 Å². The molecule has 1 aromatic rings. The molecular formula is C18H23NO4. The smallest absolute Gasteiger partial charge is 0.326 e. The highest BCUT2D eigenvalue weighted by Crippen LogP contribution is 2.26. The van der Waals surface area contributed by atoms with Crippen molar-refractivity contribution in [3.63, 3.8) is 0 Å². The maximum atomic E-state index is 12.6. The van der Waals surface area contributed by atoms with E-state index in [-0.39, 0.29) is 5.91 Å². The first kappa shape index (κ1) is 16.0. The maximum absolute atomic E-state index is 12.6. The molecule has 1 saturated heterocycles. The number of hydrogen-bond acceptors (Lipinski definition) is 3. The van der Waals surface area contributed by atoms with Gasteiger partial charge in [0, 0.05) is 32.6 Å². The predicted molar refractivity (Wildman–Crippen MR) is 84.9 cm³/mol. The van der Waals surface area contributed by atoms with Crippen molar-refractivity contribution in [1.82, 2.24) is 4.90 Å². The summed E-state index contributed by atoms with van der Waals surface area (Å²) in [5, 5.41) is 9.49. The lowest BCUT2D eigenvalue weighted by molar-refractivity contribution is -0.151. The summed E-state index contributed by atoms with van der Waals surface area (Å²) in [6.07, 6.45) is 3.65. The van der Waals surface area contributed by atoms with Crippen molar-refractivity contribution in [3.05, 3.63) is 35.4 Å². The lowest BCUT2D eigenvalue weighted by atomic mass is 9.92. The molecule has 0 bridgehead atoms. The van der Waals surface area contributed by atoms with Gasteiger partial charge >= 0.3 is 5.97 Å². The largest absolute Gasteiger partial charge is 0.480 e. The first-order chi connectivity index (χ1) is 11.1. The van der Waals surface area contributed by atoms with Gasteiger partial charge in [-0.05, 0) is 36.3 Å². The number of amides is 1. The summed E-state index contributed by atoms with van der Waals surface area (Å²) in [6, 6.07) is 7.04. The fourth-order valence-corrected chi connectivity index (χ4v) is 3.51. The van der Waals surface area contributed by atoms with E-state index in [1.54, 1.807) is 4.90 Å². The van der Waals surface area contributed by atoms with E-state index in [2.05, 4.69) is 0 Å². The number of carbonyl (C=O) groups is 2. The van der Waals surface area contributed by atoms with E-state index in [1.165, 1.54) is 0 Å². The van der Waals surface area contributed by atoms with Crippen LogP contribution >= 0.6 is 0 Å². The minimum atomic E-state index is -0.918. The second kappa shape index (κ2) is 7.13. The minimum Gasteiger partial charge on any atom is -0.480 e. The van der Waals surface area contributed by atoms with Crippen molar-refractivity contribution < 1.29 is 19.4 Å². The van der Waals surface area contributed by atoms with E-state index in [0.717, 1.165) is 43.6 Å². The number of ether oxygens (including phenoxy) is 1. The van der Waals surface area contributed by atoms with E-state index < -0.39 is 12.0 Å². The molecule has 124 valence electrons. The Morgan fingerprint density at radius 3 is 2.57 bits per heavy atom. The van der Waals surface area contributed by atoms with Gasteiger partial charge < -0.3 is 14.7 Å².